The number of thiophene rings is 1. The maximum atomic E-state index is 13.3. The highest BCUT2D eigenvalue weighted by Crippen LogP contribution is 2.30. The Morgan fingerprint density at radius 2 is 2.08 bits per heavy atom. The fraction of sp³-hybridized carbons (Fsp3) is 0.500. The molecular formula is C30H44N6O2S. The van der Waals surface area contributed by atoms with E-state index in [1.54, 1.807) is 17.2 Å². The van der Waals surface area contributed by atoms with E-state index in [4.69, 9.17) is 5.73 Å². The predicted molar refractivity (Wildman–Crippen MR) is 162 cm³/mol. The molecule has 1 saturated heterocycles. The number of rotatable bonds is 10. The first-order valence-electron chi connectivity index (χ1n) is 14.1. The van der Waals surface area contributed by atoms with E-state index in [9.17, 15) is 9.59 Å². The number of carbonyl (C=O) groups is 2. The average molecular weight is 553 g/mol. The summed E-state index contributed by atoms with van der Waals surface area (Å²) in [7, 11) is 0. The normalized spacial score (nSPS) is 20.0. The van der Waals surface area contributed by atoms with E-state index in [2.05, 4.69) is 59.6 Å². The first-order valence-corrected chi connectivity index (χ1v) is 14.9. The largest absolute Gasteiger partial charge is 0.381 e. The summed E-state index contributed by atoms with van der Waals surface area (Å²) in [6.07, 6.45) is 17.7. The molecular weight excluding hydrogens is 508 g/mol. The molecule has 0 spiro atoms. The number of hydrogen-bond donors (Lipinski definition) is 4. The lowest BCUT2D eigenvalue weighted by molar-refractivity contribution is -0.134. The van der Waals surface area contributed by atoms with Gasteiger partial charge in [-0.3, -0.25) is 25.2 Å². The van der Waals surface area contributed by atoms with Crippen molar-refractivity contribution in [3.63, 3.8) is 0 Å². The smallest absolute Gasteiger partial charge is 0.274 e. The molecule has 212 valence electrons. The average Bonchev–Trinajstić information content (AvgIpc) is 3.54. The minimum Gasteiger partial charge on any atom is -0.381 e. The van der Waals surface area contributed by atoms with Gasteiger partial charge in [-0.1, -0.05) is 63.1 Å². The van der Waals surface area contributed by atoms with Crippen LogP contribution in [0.3, 0.4) is 0 Å². The number of likely N-dealkylation sites (tertiary alicyclic amines) is 1. The number of nitrogens with two attached hydrogens (primary N) is 1. The fourth-order valence-electron chi connectivity index (χ4n) is 4.48. The van der Waals surface area contributed by atoms with Gasteiger partial charge in [-0.2, -0.15) is 0 Å². The number of carbonyl (C=O) groups excluding carboxylic acids is 2. The molecule has 0 bridgehead atoms. The zero-order valence-corrected chi connectivity index (χ0v) is 24.4. The SMILES string of the molecule is C=C1CCC(C(=O)NCc2cc3c(s2)NC(N)N=C3)N1C(=O)/C(=C\C)NCCCC1=CCCC=C1.CCCC. The summed E-state index contributed by atoms with van der Waals surface area (Å²) in [5, 5.41) is 10.3. The molecule has 1 aromatic heterocycles. The molecule has 2 aliphatic heterocycles. The van der Waals surface area contributed by atoms with Gasteiger partial charge in [0, 0.05) is 28.9 Å². The lowest BCUT2D eigenvalue weighted by Crippen LogP contribution is -2.46. The topological polar surface area (TPSA) is 112 Å². The van der Waals surface area contributed by atoms with Crippen molar-refractivity contribution in [2.45, 2.75) is 91.0 Å². The van der Waals surface area contributed by atoms with E-state index in [0.717, 1.165) is 41.1 Å². The van der Waals surface area contributed by atoms with Crippen LogP contribution in [0.2, 0.25) is 0 Å². The van der Waals surface area contributed by atoms with Crippen LogP contribution in [-0.4, -0.2) is 41.8 Å². The van der Waals surface area contributed by atoms with Gasteiger partial charge in [0.2, 0.25) is 5.91 Å². The van der Waals surface area contributed by atoms with Gasteiger partial charge in [0.25, 0.3) is 5.91 Å². The molecule has 5 N–H and O–H groups in total. The molecule has 8 nitrogen and oxygen atoms in total. The van der Waals surface area contributed by atoms with Gasteiger partial charge in [0.1, 0.15) is 11.0 Å². The standard InChI is InChI=1S/C26H34N6O2S.C4H10/c1-3-21(28-13-7-10-18-8-5-4-6-9-18)25(34)32-17(2)11-12-22(32)23(33)29-16-20-14-19-15-30-26(27)31-24(19)35-20;1-3-4-2/h3,5,8-9,14-15,22,26,28,31H,2,4,6-7,10-13,16,27H2,1H3,(H,29,33);3-4H2,1-2H3/b21-3+;. The summed E-state index contributed by atoms with van der Waals surface area (Å²) in [6, 6.07) is 1.42. The van der Waals surface area contributed by atoms with Crippen LogP contribution in [0.1, 0.15) is 82.6 Å². The predicted octanol–water partition coefficient (Wildman–Crippen LogP) is 5.31. The van der Waals surface area contributed by atoms with E-state index in [1.165, 1.54) is 29.8 Å². The minimum atomic E-state index is -0.563. The number of fused-ring (bicyclic) bond motifs is 1. The first kappa shape index (κ1) is 30.4. The maximum Gasteiger partial charge on any atom is 0.274 e. The van der Waals surface area contributed by atoms with Crippen LogP contribution in [0.25, 0.3) is 0 Å². The molecule has 1 fully saturated rings. The molecule has 3 aliphatic rings. The number of allylic oxidation sites excluding steroid dienone is 6. The molecule has 2 amide bonds. The Labute approximate surface area is 237 Å². The third-order valence-electron chi connectivity index (χ3n) is 6.83. The van der Waals surface area contributed by atoms with Gasteiger partial charge in [-0.25, -0.2) is 0 Å². The van der Waals surface area contributed by atoms with Crippen LogP contribution < -0.4 is 21.7 Å². The molecule has 0 radical (unpaired) electrons. The Bertz CT molecular complexity index is 1130. The van der Waals surface area contributed by atoms with Gasteiger partial charge >= 0.3 is 0 Å². The Morgan fingerprint density at radius 1 is 1.28 bits per heavy atom. The second-order valence-corrected chi connectivity index (χ2v) is 11.0. The van der Waals surface area contributed by atoms with E-state index in [0.29, 0.717) is 37.3 Å². The maximum absolute atomic E-state index is 13.3. The van der Waals surface area contributed by atoms with Gasteiger partial charge < -0.3 is 16.0 Å². The van der Waals surface area contributed by atoms with Crippen molar-refractivity contribution in [3.8, 4) is 0 Å². The zero-order valence-electron chi connectivity index (χ0n) is 23.6. The molecule has 2 unspecified atom stereocenters. The molecule has 1 aromatic rings. The van der Waals surface area contributed by atoms with E-state index < -0.39 is 12.3 Å². The summed E-state index contributed by atoms with van der Waals surface area (Å²) in [4.78, 5) is 33.1. The number of nitrogens with zero attached hydrogens (tertiary/aromatic N) is 2. The van der Waals surface area contributed by atoms with Crippen molar-refractivity contribution in [1.29, 1.82) is 0 Å². The molecule has 0 saturated carbocycles. The molecule has 4 rings (SSSR count). The molecule has 2 atom stereocenters. The molecule has 3 heterocycles. The molecule has 0 aromatic carbocycles. The Hall–Kier alpha value is -3.17. The van der Waals surface area contributed by atoms with Crippen molar-refractivity contribution in [2.75, 3.05) is 11.9 Å². The van der Waals surface area contributed by atoms with E-state index in [-0.39, 0.29) is 11.8 Å². The van der Waals surface area contributed by atoms with Crippen LogP contribution >= 0.6 is 11.3 Å². The Balaban J connectivity index is 0.000000983. The van der Waals surface area contributed by atoms with Gasteiger partial charge in [0.05, 0.1) is 12.2 Å². The molecule has 9 heteroatoms. The number of amides is 2. The van der Waals surface area contributed by atoms with Gasteiger partial charge in [0.15, 0.2) is 6.29 Å². The summed E-state index contributed by atoms with van der Waals surface area (Å²) < 4.78 is 0. The highest BCUT2D eigenvalue weighted by molar-refractivity contribution is 7.16. The third kappa shape index (κ3) is 8.66. The van der Waals surface area contributed by atoms with E-state index >= 15 is 0 Å². The number of aliphatic imine (C=N–C) groups is 1. The van der Waals surface area contributed by atoms with Crippen LogP contribution in [0, 0.1) is 0 Å². The number of unbranched alkanes of at least 4 members (excludes halogenated alkanes) is 1. The monoisotopic (exact) mass is 552 g/mol. The van der Waals surface area contributed by atoms with Crippen LogP contribution in [0.4, 0.5) is 5.00 Å². The second kappa shape index (κ2) is 15.4. The number of hydrogen-bond acceptors (Lipinski definition) is 7. The van der Waals surface area contributed by atoms with Crippen LogP contribution in [-0.2, 0) is 16.1 Å². The molecule has 1 aliphatic carbocycles. The fourth-order valence-corrected chi connectivity index (χ4v) is 5.49. The Morgan fingerprint density at radius 3 is 2.77 bits per heavy atom. The van der Waals surface area contributed by atoms with Crippen LogP contribution in [0.15, 0.2) is 58.9 Å². The molecule has 39 heavy (non-hydrogen) atoms. The Kier molecular flexibility index (Phi) is 12.0. The minimum absolute atomic E-state index is 0.173. The van der Waals surface area contributed by atoms with Gasteiger partial charge in [-0.15, -0.1) is 11.3 Å². The van der Waals surface area contributed by atoms with Crippen molar-refractivity contribution in [1.82, 2.24) is 15.5 Å². The van der Waals surface area contributed by atoms with Crippen LogP contribution in [0.5, 0.6) is 0 Å². The highest BCUT2D eigenvalue weighted by Gasteiger charge is 2.37. The van der Waals surface area contributed by atoms with E-state index in [1.807, 2.05) is 13.0 Å². The van der Waals surface area contributed by atoms with Gasteiger partial charge in [-0.05, 0) is 51.5 Å². The first-order chi connectivity index (χ1) is 18.9. The van der Waals surface area contributed by atoms with Crippen molar-refractivity contribution in [3.05, 3.63) is 64.4 Å². The second-order valence-electron chi connectivity index (χ2n) is 9.87. The summed E-state index contributed by atoms with van der Waals surface area (Å²) >= 11 is 1.54. The number of anilines is 1. The van der Waals surface area contributed by atoms with Crippen molar-refractivity contribution < 1.29 is 9.59 Å². The summed E-state index contributed by atoms with van der Waals surface area (Å²) in [5.41, 5.74) is 9.30. The third-order valence-corrected chi connectivity index (χ3v) is 7.91. The quantitative estimate of drug-likeness (QED) is 0.232. The lowest BCUT2D eigenvalue weighted by Gasteiger charge is -2.26. The highest BCUT2D eigenvalue weighted by atomic mass is 32.1. The van der Waals surface area contributed by atoms with Crippen molar-refractivity contribution in [2.24, 2.45) is 10.7 Å². The van der Waals surface area contributed by atoms with Crippen molar-refractivity contribution >= 4 is 34.4 Å². The lowest BCUT2D eigenvalue weighted by atomic mass is 10.0. The zero-order chi connectivity index (χ0) is 28.2. The summed E-state index contributed by atoms with van der Waals surface area (Å²) in [6.45, 7) is 11.3. The summed E-state index contributed by atoms with van der Waals surface area (Å²) in [5.74, 6) is -0.374. The number of nitrogens with one attached hydrogen (secondary N) is 3.